The highest BCUT2D eigenvalue weighted by Crippen LogP contribution is 2.41. The number of esters is 1. The molecule has 0 atom stereocenters. The normalized spacial score (nSPS) is 14.5. The zero-order valence-electron chi connectivity index (χ0n) is 22.6. The molecule has 1 amide bonds. The van der Waals surface area contributed by atoms with Crippen molar-refractivity contribution in [2.75, 3.05) is 13.2 Å². The van der Waals surface area contributed by atoms with Gasteiger partial charge in [0, 0.05) is 40.2 Å². The number of aromatic amines is 1. The van der Waals surface area contributed by atoms with Crippen LogP contribution < -0.4 is 0 Å². The van der Waals surface area contributed by atoms with Crippen LogP contribution in [0.1, 0.15) is 64.4 Å². The fraction of sp³-hybridized carbons (Fsp3) is 0.433. The van der Waals surface area contributed by atoms with Crippen LogP contribution in [-0.4, -0.2) is 50.6 Å². The summed E-state index contributed by atoms with van der Waals surface area (Å²) in [5.74, 6) is 0.579. The molecule has 4 aromatic rings. The minimum atomic E-state index is -0.600. The number of carbonyl (C=O) groups is 2. The van der Waals surface area contributed by atoms with E-state index in [0.29, 0.717) is 31.9 Å². The summed E-state index contributed by atoms with van der Waals surface area (Å²) in [4.78, 5) is 29.4. The van der Waals surface area contributed by atoms with E-state index in [1.54, 1.807) is 11.3 Å². The fourth-order valence-electron chi connectivity index (χ4n) is 5.57. The van der Waals surface area contributed by atoms with E-state index in [1.807, 2.05) is 30.0 Å². The van der Waals surface area contributed by atoms with Crippen LogP contribution in [0.5, 0.6) is 0 Å². The van der Waals surface area contributed by atoms with Crippen molar-refractivity contribution in [3.05, 3.63) is 54.1 Å². The Morgan fingerprint density at radius 2 is 1.87 bits per heavy atom. The van der Waals surface area contributed by atoms with Gasteiger partial charge in [-0.1, -0.05) is 56.5 Å². The first kappa shape index (κ1) is 27.0. The average molecular weight is 546 g/mol. The number of ether oxygens (including phenoxy) is 1. The number of nitrogens with one attached hydrogen (secondary N) is 1. The van der Waals surface area contributed by atoms with Crippen molar-refractivity contribution in [2.45, 2.75) is 65.3 Å². The Kier molecular flexibility index (Phi) is 8.35. The number of nitrogens with zero attached hydrogens (tertiary/aromatic N) is 4. The van der Waals surface area contributed by atoms with Gasteiger partial charge < -0.3 is 9.64 Å². The first-order valence-corrected chi connectivity index (χ1v) is 14.7. The fourth-order valence-corrected chi connectivity index (χ4v) is 6.65. The third-order valence-electron chi connectivity index (χ3n) is 7.61. The van der Waals surface area contributed by atoms with Crippen LogP contribution in [0.4, 0.5) is 0 Å². The number of unbranched alkanes of at least 4 members (excludes halogenated alkanes) is 1. The molecule has 8 nitrogen and oxygen atoms in total. The van der Waals surface area contributed by atoms with E-state index in [4.69, 9.17) is 4.74 Å². The Hall–Kier alpha value is -3.59. The number of hydrogen-bond donors (Lipinski definition) is 1. The van der Waals surface area contributed by atoms with Gasteiger partial charge in [-0.2, -0.15) is 0 Å². The molecule has 2 heterocycles. The van der Waals surface area contributed by atoms with Gasteiger partial charge in [0.1, 0.15) is 0 Å². The Morgan fingerprint density at radius 1 is 1.08 bits per heavy atom. The van der Waals surface area contributed by atoms with E-state index < -0.39 is 5.41 Å². The number of benzene rings is 2. The van der Waals surface area contributed by atoms with Gasteiger partial charge in [0.2, 0.25) is 5.91 Å². The van der Waals surface area contributed by atoms with Crippen molar-refractivity contribution in [2.24, 2.45) is 5.41 Å². The molecule has 0 saturated heterocycles. The van der Waals surface area contributed by atoms with E-state index in [1.165, 1.54) is 4.70 Å². The van der Waals surface area contributed by atoms with Crippen molar-refractivity contribution < 1.29 is 14.3 Å². The molecule has 9 heteroatoms. The summed E-state index contributed by atoms with van der Waals surface area (Å²) >= 11 is 1.72. The Morgan fingerprint density at radius 3 is 2.59 bits per heavy atom. The lowest BCUT2D eigenvalue weighted by Crippen LogP contribution is -2.44. The lowest BCUT2D eigenvalue weighted by Gasteiger charge is -2.34. The number of hydrogen-bond acceptors (Lipinski definition) is 7. The molecule has 1 aliphatic rings. The van der Waals surface area contributed by atoms with Crippen LogP contribution in [0.15, 0.2) is 48.5 Å². The molecule has 2 aromatic heterocycles. The molecule has 204 valence electrons. The van der Waals surface area contributed by atoms with Crippen LogP contribution in [0.3, 0.4) is 0 Å². The number of thiophene rings is 1. The van der Waals surface area contributed by atoms with Crippen molar-refractivity contribution in [1.29, 1.82) is 0 Å². The summed E-state index contributed by atoms with van der Waals surface area (Å²) < 4.78 is 6.66. The molecule has 0 unspecified atom stereocenters. The molecular weight excluding hydrogens is 510 g/mol. The van der Waals surface area contributed by atoms with E-state index >= 15 is 0 Å². The van der Waals surface area contributed by atoms with Crippen LogP contribution in [0.2, 0.25) is 0 Å². The second-order valence-corrected chi connectivity index (χ2v) is 11.4. The first-order chi connectivity index (χ1) is 19.0. The Balaban J connectivity index is 1.43. The van der Waals surface area contributed by atoms with Crippen molar-refractivity contribution in [1.82, 2.24) is 25.5 Å². The zero-order valence-corrected chi connectivity index (χ0v) is 23.4. The lowest BCUT2D eigenvalue weighted by atomic mass is 9.85. The molecule has 0 aliphatic heterocycles. The van der Waals surface area contributed by atoms with Gasteiger partial charge in [0.05, 0.1) is 12.0 Å². The maximum atomic E-state index is 13.4. The number of fused-ring (bicyclic) bond motifs is 1. The highest BCUT2D eigenvalue weighted by atomic mass is 32.1. The molecular formula is C30H35N5O3S. The molecule has 0 bridgehead atoms. The molecule has 0 radical (unpaired) electrons. The standard InChI is InChI=1S/C30H35N5O3S/c1-3-5-12-27(36)35(20-30(15-8-9-16-30)29(37)38-4-2)19-21-13-14-25-22(17-21)18-26(39-25)23-10-6-7-11-24(23)28-31-33-34-32-28/h6-7,10-11,13-14,17-18H,3-5,8-9,12,15-16,19-20H2,1-2H3,(H,31,32,33,34). The van der Waals surface area contributed by atoms with E-state index in [2.05, 4.69) is 57.9 Å². The molecule has 1 saturated carbocycles. The monoisotopic (exact) mass is 545 g/mol. The highest BCUT2D eigenvalue weighted by Gasteiger charge is 2.44. The highest BCUT2D eigenvalue weighted by molar-refractivity contribution is 7.22. The van der Waals surface area contributed by atoms with Crippen molar-refractivity contribution in [3.8, 4) is 21.8 Å². The maximum Gasteiger partial charge on any atom is 0.313 e. The SMILES string of the molecule is CCCCC(=O)N(Cc1ccc2sc(-c3ccccc3-c3nnn[nH]3)cc2c1)CC1(C(=O)OCC)CCCC1. The van der Waals surface area contributed by atoms with Crippen LogP contribution >= 0.6 is 11.3 Å². The van der Waals surface area contributed by atoms with E-state index in [9.17, 15) is 9.59 Å². The van der Waals surface area contributed by atoms with E-state index in [0.717, 1.165) is 65.5 Å². The number of tetrazole rings is 1. The van der Waals surface area contributed by atoms with Gasteiger partial charge in [0.25, 0.3) is 0 Å². The zero-order chi connectivity index (χ0) is 27.2. The van der Waals surface area contributed by atoms with Crippen molar-refractivity contribution >= 4 is 33.3 Å². The molecule has 0 spiro atoms. The van der Waals surface area contributed by atoms with Crippen molar-refractivity contribution in [3.63, 3.8) is 0 Å². The van der Waals surface area contributed by atoms with Gasteiger partial charge in [-0.25, -0.2) is 5.10 Å². The molecule has 2 aromatic carbocycles. The number of amides is 1. The summed E-state index contributed by atoms with van der Waals surface area (Å²) in [6.07, 6.45) is 5.82. The third kappa shape index (κ3) is 5.88. The quantitative estimate of drug-likeness (QED) is 0.219. The van der Waals surface area contributed by atoms with Gasteiger partial charge in [-0.3, -0.25) is 9.59 Å². The largest absolute Gasteiger partial charge is 0.466 e. The van der Waals surface area contributed by atoms with Gasteiger partial charge >= 0.3 is 5.97 Å². The summed E-state index contributed by atoms with van der Waals surface area (Å²) in [5, 5.41) is 15.6. The third-order valence-corrected chi connectivity index (χ3v) is 8.76. The minimum Gasteiger partial charge on any atom is -0.466 e. The first-order valence-electron chi connectivity index (χ1n) is 13.8. The molecule has 39 heavy (non-hydrogen) atoms. The predicted molar refractivity (Wildman–Crippen MR) is 153 cm³/mol. The number of carbonyl (C=O) groups excluding carboxylic acids is 2. The maximum absolute atomic E-state index is 13.4. The molecule has 5 rings (SSSR count). The van der Waals surface area contributed by atoms with Gasteiger partial charge in [0.15, 0.2) is 5.82 Å². The predicted octanol–water partition coefficient (Wildman–Crippen LogP) is 6.39. The van der Waals surface area contributed by atoms with E-state index in [-0.39, 0.29) is 11.9 Å². The topological polar surface area (TPSA) is 101 Å². The number of H-pyrrole nitrogens is 1. The number of rotatable bonds is 11. The smallest absolute Gasteiger partial charge is 0.313 e. The summed E-state index contributed by atoms with van der Waals surface area (Å²) in [6.45, 7) is 5.19. The molecule has 1 fully saturated rings. The van der Waals surface area contributed by atoms with Crippen LogP contribution in [0.25, 0.3) is 31.9 Å². The lowest BCUT2D eigenvalue weighted by molar-refractivity contribution is -0.157. The van der Waals surface area contributed by atoms with Gasteiger partial charge in [-0.15, -0.1) is 16.4 Å². The minimum absolute atomic E-state index is 0.105. The number of aromatic nitrogens is 4. The summed E-state index contributed by atoms with van der Waals surface area (Å²) in [5.41, 5.74) is 2.47. The Labute approximate surface area is 232 Å². The summed E-state index contributed by atoms with van der Waals surface area (Å²) in [6, 6.07) is 16.7. The second kappa shape index (κ2) is 12.1. The average Bonchev–Trinajstić information content (AvgIpc) is 3.73. The molecule has 1 N–H and O–H groups in total. The summed E-state index contributed by atoms with van der Waals surface area (Å²) in [7, 11) is 0. The van der Waals surface area contributed by atoms with Crippen LogP contribution in [-0.2, 0) is 20.9 Å². The molecule has 1 aliphatic carbocycles. The van der Waals surface area contributed by atoms with Gasteiger partial charge in [-0.05, 0) is 65.8 Å². The Bertz CT molecular complexity index is 1430. The second-order valence-electron chi connectivity index (χ2n) is 10.3. The van der Waals surface area contributed by atoms with Crippen LogP contribution in [0, 0.1) is 5.41 Å².